The molecule has 0 unspecified atom stereocenters. The Labute approximate surface area is 195 Å². The summed E-state index contributed by atoms with van der Waals surface area (Å²) >= 11 is 0. The van der Waals surface area contributed by atoms with Crippen molar-refractivity contribution in [3.05, 3.63) is 29.3 Å². The van der Waals surface area contributed by atoms with E-state index in [1.165, 1.54) is 0 Å². The second kappa shape index (κ2) is 14.7. The molecule has 174 valence electrons. The van der Waals surface area contributed by atoms with Gasteiger partial charge >= 0.3 is 6.18 Å². The Balaban J connectivity index is 0.00000841. The van der Waals surface area contributed by atoms with Gasteiger partial charge in [-0.15, -0.1) is 24.0 Å². The van der Waals surface area contributed by atoms with Crippen LogP contribution >= 0.6 is 24.0 Å². The molecule has 0 heterocycles. The summed E-state index contributed by atoms with van der Waals surface area (Å²) in [6, 6.07) is 5.75. The van der Waals surface area contributed by atoms with Gasteiger partial charge in [0.05, 0.1) is 6.54 Å². The number of ether oxygens (including phenoxy) is 1. The number of aliphatic imine (C=N–C) groups is 1. The lowest BCUT2D eigenvalue weighted by Crippen LogP contribution is -2.38. The van der Waals surface area contributed by atoms with Crippen molar-refractivity contribution in [3.63, 3.8) is 0 Å². The second-order valence-electron chi connectivity index (χ2n) is 7.42. The first-order chi connectivity index (χ1) is 13.6. The van der Waals surface area contributed by atoms with Gasteiger partial charge in [0.15, 0.2) is 12.6 Å². The van der Waals surface area contributed by atoms with Crippen molar-refractivity contribution in [2.75, 3.05) is 33.3 Å². The van der Waals surface area contributed by atoms with E-state index in [0.29, 0.717) is 24.1 Å². The van der Waals surface area contributed by atoms with E-state index >= 15 is 0 Å². The van der Waals surface area contributed by atoms with Crippen LogP contribution in [0.25, 0.3) is 0 Å². The van der Waals surface area contributed by atoms with E-state index in [1.807, 2.05) is 19.9 Å². The Bertz CT molecular complexity index is 639. The minimum atomic E-state index is -4.37. The highest BCUT2D eigenvalue weighted by molar-refractivity contribution is 14.0. The van der Waals surface area contributed by atoms with Crippen LogP contribution < -0.4 is 15.4 Å². The highest BCUT2D eigenvalue weighted by Gasteiger charge is 2.28. The predicted octanol–water partition coefficient (Wildman–Crippen LogP) is 4.73. The molecule has 0 aliphatic rings. The number of alkyl halides is 3. The monoisotopic (exact) mass is 544 g/mol. The lowest BCUT2D eigenvalue weighted by atomic mass is 10.1. The summed E-state index contributed by atoms with van der Waals surface area (Å²) in [4.78, 5) is 6.81. The largest absolute Gasteiger partial charge is 0.484 e. The molecule has 0 fully saturated rings. The number of unbranched alkanes of at least 4 members (excludes halogenated alkanes) is 1. The third-order valence-electron chi connectivity index (χ3n) is 4.48. The van der Waals surface area contributed by atoms with Gasteiger partial charge in [-0.05, 0) is 65.8 Å². The molecule has 0 saturated heterocycles. The Morgan fingerprint density at radius 1 is 1.20 bits per heavy atom. The molecular weight excluding hydrogens is 508 g/mol. The number of nitrogens with zero attached hydrogens (tertiary/aromatic N) is 2. The molecule has 0 spiro atoms. The number of nitrogens with one attached hydrogen (secondary N) is 2. The molecule has 9 heteroatoms. The van der Waals surface area contributed by atoms with Crippen LogP contribution in [0.15, 0.2) is 23.2 Å². The van der Waals surface area contributed by atoms with Crippen LogP contribution in [0.2, 0.25) is 0 Å². The van der Waals surface area contributed by atoms with E-state index < -0.39 is 12.8 Å². The van der Waals surface area contributed by atoms with Crippen molar-refractivity contribution in [2.45, 2.75) is 59.3 Å². The average molecular weight is 544 g/mol. The lowest BCUT2D eigenvalue weighted by molar-refractivity contribution is -0.153. The highest BCUT2D eigenvalue weighted by Crippen LogP contribution is 2.24. The fourth-order valence-electron chi connectivity index (χ4n) is 2.54. The fraction of sp³-hybridized carbons (Fsp3) is 0.667. The molecule has 0 saturated carbocycles. The van der Waals surface area contributed by atoms with Gasteiger partial charge in [-0.1, -0.05) is 12.1 Å². The Morgan fingerprint density at radius 2 is 1.90 bits per heavy atom. The quantitative estimate of drug-likeness (QED) is 0.183. The Kier molecular flexibility index (Phi) is 14.1. The number of hydrogen-bond acceptors (Lipinski definition) is 3. The SMILES string of the molecule is CCNC(=NCc1ccc(C)cc1OCC(F)(F)F)NCCCCN(C)C(C)C.I. The first-order valence-corrected chi connectivity index (χ1v) is 10.1. The number of guanidine groups is 1. The van der Waals surface area contributed by atoms with Gasteiger partial charge in [-0.2, -0.15) is 13.2 Å². The molecule has 0 aliphatic carbocycles. The van der Waals surface area contributed by atoms with E-state index in [1.54, 1.807) is 12.1 Å². The Hall–Kier alpha value is -1.23. The van der Waals surface area contributed by atoms with Gasteiger partial charge in [0.25, 0.3) is 0 Å². The number of halogens is 4. The van der Waals surface area contributed by atoms with Crippen LogP contribution in [0, 0.1) is 6.92 Å². The van der Waals surface area contributed by atoms with Crippen LogP contribution in [0.5, 0.6) is 5.75 Å². The van der Waals surface area contributed by atoms with E-state index in [4.69, 9.17) is 4.74 Å². The smallest absolute Gasteiger partial charge is 0.422 e. The molecule has 0 radical (unpaired) electrons. The number of benzene rings is 1. The van der Waals surface area contributed by atoms with Crippen molar-refractivity contribution in [3.8, 4) is 5.75 Å². The molecular formula is C21H36F3IN4O. The summed E-state index contributed by atoms with van der Waals surface area (Å²) < 4.78 is 42.5. The minimum Gasteiger partial charge on any atom is -0.484 e. The first kappa shape index (κ1) is 28.8. The molecule has 0 bridgehead atoms. The number of rotatable bonds is 11. The second-order valence-corrected chi connectivity index (χ2v) is 7.42. The topological polar surface area (TPSA) is 48.9 Å². The first-order valence-electron chi connectivity index (χ1n) is 10.1. The normalized spacial score (nSPS) is 12.1. The van der Waals surface area contributed by atoms with Crippen molar-refractivity contribution in [1.29, 1.82) is 0 Å². The van der Waals surface area contributed by atoms with Crippen LogP contribution in [0.3, 0.4) is 0 Å². The minimum absolute atomic E-state index is 0. The summed E-state index contributed by atoms with van der Waals surface area (Å²) in [5, 5.41) is 6.45. The maximum atomic E-state index is 12.5. The van der Waals surface area contributed by atoms with Gasteiger partial charge in [0.2, 0.25) is 0 Å². The van der Waals surface area contributed by atoms with Crippen LogP contribution in [-0.2, 0) is 6.54 Å². The van der Waals surface area contributed by atoms with Gasteiger partial charge < -0.3 is 20.3 Å². The van der Waals surface area contributed by atoms with Gasteiger partial charge in [-0.25, -0.2) is 4.99 Å². The summed E-state index contributed by atoms with van der Waals surface area (Å²) in [5.41, 5.74) is 1.46. The zero-order valence-electron chi connectivity index (χ0n) is 18.6. The zero-order chi connectivity index (χ0) is 21.9. The van der Waals surface area contributed by atoms with Crippen molar-refractivity contribution in [1.82, 2.24) is 15.5 Å². The average Bonchev–Trinajstić information content (AvgIpc) is 2.64. The van der Waals surface area contributed by atoms with Crippen LogP contribution in [-0.4, -0.2) is 56.4 Å². The maximum Gasteiger partial charge on any atom is 0.422 e. The third-order valence-corrected chi connectivity index (χ3v) is 4.48. The zero-order valence-corrected chi connectivity index (χ0v) is 20.9. The molecule has 0 atom stereocenters. The summed E-state index contributed by atoms with van der Waals surface area (Å²) in [6.07, 6.45) is -2.29. The molecule has 5 nitrogen and oxygen atoms in total. The van der Waals surface area contributed by atoms with Crippen molar-refractivity contribution < 1.29 is 17.9 Å². The van der Waals surface area contributed by atoms with E-state index in [2.05, 4.69) is 41.4 Å². The highest BCUT2D eigenvalue weighted by atomic mass is 127. The summed E-state index contributed by atoms with van der Waals surface area (Å²) in [7, 11) is 2.11. The van der Waals surface area contributed by atoms with E-state index in [0.717, 1.165) is 31.5 Å². The fourth-order valence-corrected chi connectivity index (χ4v) is 2.54. The van der Waals surface area contributed by atoms with Crippen LogP contribution in [0.4, 0.5) is 13.2 Å². The van der Waals surface area contributed by atoms with Gasteiger partial charge in [0, 0.05) is 24.7 Å². The molecule has 2 N–H and O–H groups in total. The predicted molar refractivity (Wildman–Crippen MR) is 128 cm³/mol. The van der Waals surface area contributed by atoms with Crippen molar-refractivity contribution in [2.24, 2.45) is 4.99 Å². The lowest BCUT2D eigenvalue weighted by Gasteiger charge is -2.20. The molecule has 0 aliphatic heterocycles. The summed E-state index contributed by atoms with van der Waals surface area (Å²) in [6.45, 7) is 9.58. The maximum absolute atomic E-state index is 12.5. The molecule has 1 rings (SSSR count). The third kappa shape index (κ3) is 12.5. The van der Waals surface area contributed by atoms with E-state index in [-0.39, 0.29) is 36.3 Å². The number of aryl methyl sites for hydroxylation is 1. The van der Waals surface area contributed by atoms with Crippen molar-refractivity contribution >= 4 is 29.9 Å². The standard InChI is InChI=1S/C21H35F3N4O.HI/c1-6-25-20(26-11-7-8-12-28(5)16(2)3)27-14-18-10-9-17(4)13-19(18)29-15-21(22,23)24;/h9-10,13,16H,6-8,11-12,14-15H2,1-5H3,(H2,25,26,27);1H. The molecule has 0 amide bonds. The van der Waals surface area contributed by atoms with Crippen LogP contribution in [0.1, 0.15) is 44.7 Å². The van der Waals surface area contributed by atoms with Gasteiger partial charge in [0.1, 0.15) is 5.75 Å². The van der Waals surface area contributed by atoms with E-state index in [9.17, 15) is 13.2 Å². The molecule has 30 heavy (non-hydrogen) atoms. The summed E-state index contributed by atoms with van der Waals surface area (Å²) in [5.74, 6) is 0.866. The molecule has 1 aromatic carbocycles. The molecule has 1 aromatic rings. The molecule has 0 aromatic heterocycles. The number of hydrogen-bond donors (Lipinski definition) is 2. The van der Waals surface area contributed by atoms with Gasteiger partial charge in [-0.3, -0.25) is 0 Å². The Morgan fingerprint density at radius 3 is 2.50 bits per heavy atom.